The summed E-state index contributed by atoms with van der Waals surface area (Å²) in [7, 11) is 0. The lowest BCUT2D eigenvalue weighted by molar-refractivity contribution is 0.110. The standard InChI is InChI=1S/C10H20/c1-4-8-10(2,3)9-6-5-7-9/h9H,4-8H2,1-3H3. The van der Waals surface area contributed by atoms with Gasteiger partial charge >= 0.3 is 0 Å². The minimum Gasteiger partial charge on any atom is -0.0654 e. The van der Waals surface area contributed by atoms with Crippen LogP contribution in [-0.4, -0.2) is 0 Å². The average Bonchev–Trinajstić information content (AvgIpc) is 1.56. The van der Waals surface area contributed by atoms with Gasteiger partial charge in [0.1, 0.15) is 0 Å². The molecule has 0 spiro atoms. The molecule has 0 amide bonds. The smallest absolute Gasteiger partial charge is 0.0326 e. The van der Waals surface area contributed by atoms with Crippen LogP contribution in [0, 0.1) is 11.3 Å². The van der Waals surface area contributed by atoms with Crippen molar-refractivity contribution in [1.82, 2.24) is 0 Å². The summed E-state index contributed by atoms with van der Waals surface area (Å²) in [5, 5.41) is 0. The van der Waals surface area contributed by atoms with E-state index in [2.05, 4.69) is 20.8 Å². The molecular formula is C10H20. The Morgan fingerprint density at radius 2 is 1.90 bits per heavy atom. The van der Waals surface area contributed by atoms with E-state index in [0.717, 1.165) is 5.92 Å². The van der Waals surface area contributed by atoms with Crippen LogP contribution >= 0.6 is 0 Å². The van der Waals surface area contributed by atoms with E-state index < -0.39 is 0 Å². The molecule has 1 saturated carbocycles. The Morgan fingerprint density at radius 3 is 2.20 bits per heavy atom. The molecule has 10 heavy (non-hydrogen) atoms. The minimum atomic E-state index is 0.646. The van der Waals surface area contributed by atoms with Crippen molar-refractivity contribution in [2.45, 2.75) is 52.9 Å². The molecule has 0 aliphatic heterocycles. The van der Waals surface area contributed by atoms with Gasteiger partial charge in [0.15, 0.2) is 0 Å². The topological polar surface area (TPSA) is 0 Å². The first kappa shape index (κ1) is 8.10. The van der Waals surface area contributed by atoms with E-state index >= 15 is 0 Å². The largest absolute Gasteiger partial charge is 0.0654 e. The van der Waals surface area contributed by atoms with E-state index in [9.17, 15) is 0 Å². The summed E-state index contributed by atoms with van der Waals surface area (Å²) in [5.41, 5.74) is 0.646. The molecule has 1 aliphatic rings. The highest BCUT2D eigenvalue weighted by Gasteiger charge is 2.32. The molecule has 0 heterocycles. The van der Waals surface area contributed by atoms with Gasteiger partial charge in [-0.05, 0) is 30.6 Å². The van der Waals surface area contributed by atoms with Gasteiger partial charge in [-0.25, -0.2) is 0 Å². The van der Waals surface area contributed by atoms with Crippen LogP contribution in [0.1, 0.15) is 52.9 Å². The lowest BCUT2D eigenvalue weighted by Crippen LogP contribution is -2.29. The van der Waals surface area contributed by atoms with Gasteiger partial charge < -0.3 is 0 Å². The van der Waals surface area contributed by atoms with Gasteiger partial charge in [0.05, 0.1) is 0 Å². The quantitative estimate of drug-likeness (QED) is 0.561. The summed E-state index contributed by atoms with van der Waals surface area (Å²) in [6.45, 7) is 7.15. The van der Waals surface area contributed by atoms with Crippen LogP contribution in [0.2, 0.25) is 0 Å². The van der Waals surface area contributed by atoms with Crippen LogP contribution in [-0.2, 0) is 0 Å². The van der Waals surface area contributed by atoms with Crippen molar-refractivity contribution in [3.63, 3.8) is 0 Å². The Hall–Kier alpha value is 0. The molecule has 0 bridgehead atoms. The van der Waals surface area contributed by atoms with E-state index in [4.69, 9.17) is 0 Å². The van der Waals surface area contributed by atoms with Gasteiger partial charge in [0, 0.05) is 0 Å². The van der Waals surface area contributed by atoms with Crippen molar-refractivity contribution >= 4 is 0 Å². The third-order valence-corrected chi connectivity index (χ3v) is 3.10. The van der Waals surface area contributed by atoms with Gasteiger partial charge in [-0.1, -0.05) is 33.6 Å². The van der Waals surface area contributed by atoms with Crippen molar-refractivity contribution in [3.05, 3.63) is 0 Å². The Kier molecular flexibility index (Phi) is 2.38. The fourth-order valence-electron chi connectivity index (χ4n) is 2.04. The maximum Gasteiger partial charge on any atom is -0.0326 e. The number of hydrogen-bond acceptors (Lipinski definition) is 0. The summed E-state index contributed by atoms with van der Waals surface area (Å²) in [4.78, 5) is 0. The van der Waals surface area contributed by atoms with E-state index in [1.807, 2.05) is 0 Å². The van der Waals surface area contributed by atoms with Crippen LogP contribution in [0.25, 0.3) is 0 Å². The second-order valence-electron chi connectivity index (χ2n) is 4.37. The maximum absolute atomic E-state index is 2.43. The van der Waals surface area contributed by atoms with E-state index in [-0.39, 0.29) is 0 Å². The van der Waals surface area contributed by atoms with Gasteiger partial charge in [0.2, 0.25) is 0 Å². The normalized spacial score (nSPS) is 20.7. The van der Waals surface area contributed by atoms with Crippen molar-refractivity contribution in [3.8, 4) is 0 Å². The van der Waals surface area contributed by atoms with Crippen LogP contribution in [0.4, 0.5) is 0 Å². The van der Waals surface area contributed by atoms with E-state index in [1.165, 1.54) is 32.1 Å². The highest BCUT2D eigenvalue weighted by Crippen LogP contribution is 2.44. The first-order valence-electron chi connectivity index (χ1n) is 4.67. The van der Waals surface area contributed by atoms with Crippen LogP contribution in [0.15, 0.2) is 0 Å². The molecule has 0 aromatic carbocycles. The van der Waals surface area contributed by atoms with Gasteiger partial charge in [0.25, 0.3) is 0 Å². The van der Waals surface area contributed by atoms with Crippen LogP contribution in [0.5, 0.6) is 0 Å². The SMILES string of the molecule is CCCC(C)(C)C1CCC1. The molecule has 60 valence electrons. The zero-order valence-corrected chi connectivity index (χ0v) is 7.61. The number of hydrogen-bond donors (Lipinski definition) is 0. The third kappa shape index (κ3) is 1.53. The fraction of sp³-hybridized carbons (Fsp3) is 1.00. The molecule has 0 saturated heterocycles. The highest BCUT2D eigenvalue weighted by atomic mass is 14.4. The fourth-order valence-corrected chi connectivity index (χ4v) is 2.04. The third-order valence-electron chi connectivity index (χ3n) is 3.10. The lowest BCUT2D eigenvalue weighted by Gasteiger charge is -2.40. The Bertz CT molecular complexity index is 98.6. The van der Waals surface area contributed by atoms with Crippen molar-refractivity contribution < 1.29 is 0 Å². The van der Waals surface area contributed by atoms with Gasteiger partial charge in [-0.15, -0.1) is 0 Å². The zero-order valence-electron chi connectivity index (χ0n) is 7.61. The predicted molar refractivity (Wildman–Crippen MR) is 46.0 cm³/mol. The van der Waals surface area contributed by atoms with E-state index in [1.54, 1.807) is 0 Å². The molecule has 1 fully saturated rings. The highest BCUT2D eigenvalue weighted by molar-refractivity contribution is 4.83. The molecule has 0 heteroatoms. The van der Waals surface area contributed by atoms with Crippen molar-refractivity contribution in [1.29, 1.82) is 0 Å². The first-order chi connectivity index (χ1) is 4.67. The zero-order chi connectivity index (χ0) is 7.61. The summed E-state index contributed by atoms with van der Waals surface area (Å²) in [6.07, 6.45) is 7.24. The molecule has 1 aliphatic carbocycles. The maximum atomic E-state index is 2.43. The molecule has 0 aromatic heterocycles. The Morgan fingerprint density at radius 1 is 1.30 bits per heavy atom. The molecule has 0 N–H and O–H groups in total. The van der Waals surface area contributed by atoms with E-state index in [0.29, 0.717) is 5.41 Å². The second-order valence-corrected chi connectivity index (χ2v) is 4.37. The average molecular weight is 140 g/mol. The summed E-state index contributed by atoms with van der Waals surface area (Å²) in [5.74, 6) is 1.05. The molecular weight excluding hydrogens is 120 g/mol. The van der Waals surface area contributed by atoms with Crippen molar-refractivity contribution in [2.24, 2.45) is 11.3 Å². The summed E-state index contributed by atoms with van der Waals surface area (Å²) in [6, 6.07) is 0. The minimum absolute atomic E-state index is 0.646. The van der Waals surface area contributed by atoms with Crippen molar-refractivity contribution in [2.75, 3.05) is 0 Å². The summed E-state index contributed by atoms with van der Waals surface area (Å²) < 4.78 is 0. The molecule has 0 radical (unpaired) electrons. The molecule has 0 nitrogen and oxygen atoms in total. The predicted octanol–water partition coefficient (Wildman–Crippen LogP) is 3.61. The Balaban J connectivity index is 2.33. The van der Waals surface area contributed by atoms with Crippen LogP contribution < -0.4 is 0 Å². The number of rotatable bonds is 3. The second kappa shape index (κ2) is 2.94. The first-order valence-corrected chi connectivity index (χ1v) is 4.67. The van der Waals surface area contributed by atoms with Gasteiger partial charge in [-0.2, -0.15) is 0 Å². The molecule has 1 rings (SSSR count). The molecule has 0 atom stereocenters. The lowest BCUT2D eigenvalue weighted by atomic mass is 9.65. The van der Waals surface area contributed by atoms with Gasteiger partial charge in [-0.3, -0.25) is 0 Å². The summed E-state index contributed by atoms with van der Waals surface area (Å²) >= 11 is 0. The molecule has 0 aromatic rings. The Labute approximate surface area is 65.0 Å². The monoisotopic (exact) mass is 140 g/mol. The van der Waals surface area contributed by atoms with Crippen LogP contribution in [0.3, 0.4) is 0 Å². The molecule has 0 unspecified atom stereocenters.